The van der Waals surface area contributed by atoms with E-state index in [9.17, 15) is 18.8 Å². The molecule has 2 fully saturated rings. The highest BCUT2D eigenvalue weighted by molar-refractivity contribution is 6.36. The van der Waals surface area contributed by atoms with Gasteiger partial charge < -0.3 is 14.5 Å². The number of aromatic nitrogens is 2. The number of halogens is 4. The zero-order chi connectivity index (χ0) is 31.8. The van der Waals surface area contributed by atoms with Crippen LogP contribution in [0.3, 0.4) is 0 Å². The van der Waals surface area contributed by atoms with Crippen molar-refractivity contribution < 1.29 is 22.7 Å². The van der Waals surface area contributed by atoms with Crippen LogP contribution < -0.4 is 9.64 Å². The Morgan fingerprint density at radius 3 is 2.62 bits per heavy atom. The monoisotopic (exact) mass is 634 g/mol. The molecule has 4 aromatic rings. The smallest absolute Gasteiger partial charge is 0.319 e. The SMILES string of the molecule is C=C(F)C(=O)N1CCN(c2nc(OC[C@@H]3C[C@@H](F)CN3C)nc3cc(-c4cccc5cccc(Cl)c45)c(F)cc23)C[C@@H]1CC#N. The number of nitriles is 1. The number of ether oxygens (including phenoxy) is 1. The van der Waals surface area contributed by atoms with E-state index >= 15 is 4.39 Å². The Morgan fingerprint density at radius 2 is 1.91 bits per heavy atom. The molecular formula is C33H30ClF3N6O2. The van der Waals surface area contributed by atoms with Crippen LogP contribution in [0.15, 0.2) is 60.9 Å². The van der Waals surface area contributed by atoms with Crippen molar-refractivity contribution in [3.05, 3.63) is 71.8 Å². The van der Waals surface area contributed by atoms with Crippen LogP contribution in [-0.4, -0.2) is 83.8 Å². The molecule has 0 aliphatic carbocycles. The fourth-order valence-corrected chi connectivity index (χ4v) is 6.56. The molecule has 0 unspecified atom stereocenters. The van der Waals surface area contributed by atoms with Gasteiger partial charge in [-0.2, -0.15) is 15.2 Å². The molecule has 232 valence electrons. The van der Waals surface area contributed by atoms with Crippen molar-refractivity contribution in [1.82, 2.24) is 19.8 Å². The number of amides is 1. The maximum Gasteiger partial charge on any atom is 0.319 e. The summed E-state index contributed by atoms with van der Waals surface area (Å²) in [6, 6.07) is 15.2. The normalized spacial score (nSPS) is 20.5. The highest BCUT2D eigenvalue weighted by atomic mass is 35.5. The number of rotatable bonds is 7. The van der Waals surface area contributed by atoms with Gasteiger partial charge in [-0.15, -0.1) is 0 Å². The minimum Gasteiger partial charge on any atom is -0.462 e. The second-order valence-electron chi connectivity index (χ2n) is 11.4. The third kappa shape index (κ3) is 6.00. The number of piperazine rings is 1. The zero-order valence-corrected chi connectivity index (χ0v) is 25.3. The first-order valence-electron chi connectivity index (χ1n) is 14.6. The molecular weight excluding hydrogens is 605 g/mol. The summed E-state index contributed by atoms with van der Waals surface area (Å²) in [4.78, 5) is 26.7. The number of benzene rings is 3. The quantitative estimate of drug-likeness (QED) is 0.228. The molecule has 0 radical (unpaired) electrons. The van der Waals surface area contributed by atoms with E-state index in [0.717, 1.165) is 5.39 Å². The standard InChI is InChI=1S/C33H30ClF3N6O2/c1-19(35)32(44)43-12-11-42(17-22(43)9-10-38)31-26-14-28(37)25(24-7-3-5-20-6-4-8-27(34)30(20)24)15-29(26)39-33(40-31)45-18-23-13-21(36)16-41(23)2/h3-8,14-15,21-23H,1,9,11-13,16-18H2,2H3/t21-,22+,23+/m1/s1. The number of alkyl halides is 1. The van der Waals surface area contributed by atoms with Crippen molar-refractivity contribution in [3.8, 4) is 23.2 Å². The van der Waals surface area contributed by atoms with Gasteiger partial charge in [0.2, 0.25) is 0 Å². The van der Waals surface area contributed by atoms with Crippen molar-refractivity contribution in [2.75, 3.05) is 44.7 Å². The number of hydrogen-bond acceptors (Lipinski definition) is 7. The van der Waals surface area contributed by atoms with E-state index < -0.39 is 29.8 Å². The van der Waals surface area contributed by atoms with Crippen LogP contribution in [-0.2, 0) is 4.79 Å². The summed E-state index contributed by atoms with van der Waals surface area (Å²) in [5.74, 6) is -2.16. The lowest BCUT2D eigenvalue weighted by atomic mass is 9.96. The molecule has 45 heavy (non-hydrogen) atoms. The van der Waals surface area contributed by atoms with E-state index in [0.29, 0.717) is 45.7 Å². The first kappa shape index (κ1) is 30.6. The number of carbonyl (C=O) groups excluding carboxylic acids is 1. The number of anilines is 1. The molecule has 2 saturated heterocycles. The first-order valence-corrected chi connectivity index (χ1v) is 15.0. The predicted octanol–water partition coefficient (Wildman–Crippen LogP) is 6.08. The molecule has 2 aliphatic heterocycles. The second-order valence-corrected chi connectivity index (χ2v) is 11.8. The molecule has 1 aromatic heterocycles. The topological polar surface area (TPSA) is 85.6 Å². The van der Waals surface area contributed by atoms with Crippen molar-refractivity contribution in [2.24, 2.45) is 0 Å². The van der Waals surface area contributed by atoms with E-state index in [1.807, 2.05) is 41.1 Å². The largest absolute Gasteiger partial charge is 0.462 e. The maximum absolute atomic E-state index is 16.1. The van der Waals surface area contributed by atoms with Gasteiger partial charge in [-0.1, -0.05) is 48.5 Å². The number of carbonyl (C=O) groups is 1. The van der Waals surface area contributed by atoms with Crippen molar-refractivity contribution in [3.63, 3.8) is 0 Å². The Balaban J connectivity index is 1.44. The Kier molecular flexibility index (Phi) is 8.53. The molecule has 0 bridgehead atoms. The fraction of sp³-hybridized carbons (Fsp3) is 0.333. The summed E-state index contributed by atoms with van der Waals surface area (Å²) in [7, 11) is 1.83. The molecule has 6 rings (SSSR count). The van der Waals surface area contributed by atoms with E-state index in [1.54, 1.807) is 18.2 Å². The van der Waals surface area contributed by atoms with Crippen LogP contribution in [0.4, 0.5) is 19.0 Å². The predicted molar refractivity (Wildman–Crippen MR) is 167 cm³/mol. The average molecular weight is 635 g/mol. The molecule has 8 nitrogen and oxygen atoms in total. The third-order valence-corrected chi connectivity index (χ3v) is 8.85. The third-order valence-electron chi connectivity index (χ3n) is 8.53. The van der Waals surface area contributed by atoms with Crippen LogP contribution in [0.25, 0.3) is 32.8 Å². The van der Waals surface area contributed by atoms with Gasteiger partial charge >= 0.3 is 6.01 Å². The van der Waals surface area contributed by atoms with Gasteiger partial charge in [-0.05, 0) is 42.6 Å². The molecule has 1 amide bonds. The summed E-state index contributed by atoms with van der Waals surface area (Å²) in [5, 5.41) is 11.9. The van der Waals surface area contributed by atoms with Gasteiger partial charge in [0.1, 0.15) is 24.4 Å². The fourth-order valence-electron chi connectivity index (χ4n) is 6.27. The van der Waals surface area contributed by atoms with Crippen LogP contribution >= 0.6 is 11.6 Å². The molecule has 0 N–H and O–H groups in total. The number of nitrogens with zero attached hydrogens (tertiary/aromatic N) is 6. The summed E-state index contributed by atoms with van der Waals surface area (Å²) < 4.78 is 49.9. The van der Waals surface area contributed by atoms with Gasteiger partial charge in [0, 0.05) is 53.6 Å². The summed E-state index contributed by atoms with van der Waals surface area (Å²) in [6.45, 7) is 4.02. The zero-order valence-electron chi connectivity index (χ0n) is 24.5. The van der Waals surface area contributed by atoms with Crippen LogP contribution in [0.2, 0.25) is 5.02 Å². The van der Waals surface area contributed by atoms with Gasteiger partial charge in [-0.25, -0.2) is 13.2 Å². The van der Waals surface area contributed by atoms with Gasteiger partial charge in [-0.3, -0.25) is 9.69 Å². The molecule has 3 atom stereocenters. The number of likely N-dealkylation sites (N-methyl/N-ethyl adjacent to an activating group) is 1. The average Bonchev–Trinajstić information content (AvgIpc) is 3.35. The van der Waals surface area contributed by atoms with Gasteiger partial charge in [0.05, 0.1) is 24.0 Å². The minimum atomic E-state index is -1.11. The molecule has 0 saturated carbocycles. The van der Waals surface area contributed by atoms with Crippen molar-refractivity contribution >= 4 is 45.0 Å². The van der Waals surface area contributed by atoms with E-state index in [2.05, 4.69) is 22.6 Å². The Bertz CT molecular complexity index is 1840. The van der Waals surface area contributed by atoms with E-state index in [4.69, 9.17) is 16.3 Å². The van der Waals surface area contributed by atoms with E-state index in [1.165, 1.54) is 11.0 Å². The lowest BCUT2D eigenvalue weighted by molar-refractivity contribution is -0.131. The van der Waals surface area contributed by atoms with Crippen LogP contribution in [0.5, 0.6) is 6.01 Å². The van der Waals surface area contributed by atoms with Gasteiger partial charge in [0.15, 0.2) is 5.83 Å². The molecule has 12 heteroatoms. The Hall–Kier alpha value is -4.40. The van der Waals surface area contributed by atoms with Crippen LogP contribution in [0, 0.1) is 17.1 Å². The molecule has 3 heterocycles. The van der Waals surface area contributed by atoms with Gasteiger partial charge in [0.25, 0.3) is 5.91 Å². The number of likely N-dealkylation sites (tertiary alicyclic amines) is 1. The van der Waals surface area contributed by atoms with Crippen molar-refractivity contribution in [1.29, 1.82) is 5.26 Å². The van der Waals surface area contributed by atoms with Crippen LogP contribution in [0.1, 0.15) is 12.8 Å². The summed E-state index contributed by atoms with van der Waals surface area (Å²) >= 11 is 6.57. The summed E-state index contributed by atoms with van der Waals surface area (Å²) in [5.41, 5.74) is 1.27. The maximum atomic E-state index is 16.1. The molecule has 3 aromatic carbocycles. The van der Waals surface area contributed by atoms with E-state index in [-0.39, 0.29) is 50.3 Å². The Morgan fingerprint density at radius 1 is 1.13 bits per heavy atom. The lowest BCUT2D eigenvalue weighted by Crippen LogP contribution is -2.55. The number of fused-ring (bicyclic) bond motifs is 2. The highest BCUT2D eigenvalue weighted by Crippen LogP contribution is 2.38. The molecule has 2 aliphatic rings. The number of hydrogen-bond donors (Lipinski definition) is 0. The minimum absolute atomic E-state index is 0.0224. The molecule has 0 spiro atoms. The summed E-state index contributed by atoms with van der Waals surface area (Å²) in [6.07, 6.45) is -0.688. The Labute approximate surface area is 263 Å². The lowest BCUT2D eigenvalue weighted by Gasteiger charge is -2.41. The second kappa shape index (κ2) is 12.5. The highest BCUT2D eigenvalue weighted by Gasteiger charge is 2.34. The van der Waals surface area contributed by atoms with Crippen molar-refractivity contribution in [2.45, 2.75) is 31.1 Å². The first-order chi connectivity index (χ1) is 21.6.